The number of morpholine rings is 1. The van der Waals surface area contributed by atoms with Gasteiger partial charge in [-0.3, -0.25) is 0 Å². The van der Waals surface area contributed by atoms with Crippen LogP contribution >= 0.6 is 11.9 Å². The van der Waals surface area contributed by atoms with Gasteiger partial charge in [-0.2, -0.15) is 4.40 Å². The predicted molar refractivity (Wildman–Crippen MR) is 68.9 cm³/mol. The summed E-state index contributed by atoms with van der Waals surface area (Å²) in [6, 6.07) is 10.3. The number of hydrogen-bond acceptors (Lipinski definition) is 3. The molecule has 2 rings (SSSR count). The molecule has 1 aliphatic rings. The SMILES string of the molecule is CS/N=C(/c1ccccc1)N1CCOCC1. The van der Waals surface area contributed by atoms with E-state index < -0.39 is 0 Å². The van der Waals surface area contributed by atoms with E-state index in [0.29, 0.717) is 0 Å². The molecule has 1 saturated heterocycles. The second-order valence-electron chi connectivity index (χ2n) is 3.56. The first-order valence-corrected chi connectivity index (χ1v) is 6.59. The van der Waals surface area contributed by atoms with Gasteiger partial charge in [0.1, 0.15) is 5.84 Å². The summed E-state index contributed by atoms with van der Waals surface area (Å²) in [5.41, 5.74) is 1.18. The molecule has 3 nitrogen and oxygen atoms in total. The molecule has 0 amide bonds. The summed E-state index contributed by atoms with van der Waals surface area (Å²) in [4.78, 5) is 2.29. The van der Waals surface area contributed by atoms with Crippen LogP contribution < -0.4 is 0 Å². The molecule has 0 aliphatic carbocycles. The maximum atomic E-state index is 5.36. The Kier molecular flexibility index (Phi) is 4.25. The molecule has 1 aromatic rings. The number of hydrogen-bond donors (Lipinski definition) is 0. The normalized spacial score (nSPS) is 17.6. The summed E-state index contributed by atoms with van der Waals surface area (Å²) in [7, 11) is 0. The third kappa shape index (κ3) is 2.77. The number of rotatable bonds is 2. The minimum Gasteiger partial charge on any atom is -0.378 e. The fourth-order valence-corrected chi connectivity index (χ4v) is 2.14. The maximum absolute atomic E-state index is 5.36. The molecule has 0 spiro atoms. The first-order chi connectivity index (χ1) is 7.92. The Balaban J connectivity index is 2.20. The Morgan fingerprint density at radius 1 is 1.25 bits per heavy atom. The number of nitrogens with zero attached hydrogens (tertiary/aromatic N) is 2. The van der Waals surface area contributed by atoms with Gasteiger partial charge in [0.15, 0.2) is 0 Å². The highest BCUT2D eigenvalue weighted by Crippen LogP contribution is 2.11. The molecular formula is C12H16N2OS. The minimum absolute atomic E-state index is 0.792. The average Bonchev–Trinajstić information content (AvgIpc) is 2.38. The highest BCUT2D eigenvalue weighted by atomic mass is 32.2. The summed E-state index contributed by atoms with van der Waals surface area (Å²) in [5.74, 6) is 1.07. The molecular weight excluding hydrogens is 220 g/mol. The summed E-state index contributed by atoms with van der Waals surface area (Å²) in [6.07, 6.45) is 1.99. The van der Waals surface area contributed by atoms with Crippen molar-refractivity contribution < 1.29 is 4.74 Å². The standard InChI is InChI=1S/C12H16N2OS/c1-16-13-12(11-5-3-2-4-6-11)14-7-9-15-10-8-14/h2-6H,7-10H2,1H3/b13-12-. The molecule has 0 N–H and O–H groups in total. The lowest BCUT2D eigenvalue weighted by molar-refractivity contribution is 0.0684. The van der Waals surface area contributed by atoms with Crippen LogP contribution in [0.5, 0.6) is 0 Å². The quantitative estimate of drug-likeness (QED) is 0.446. The Bertz CT molecular complexity index is 347. The van der Waals surface area contributed by atoms with Crippen LogP contribution in [0.15, 0.2) is 34.7 Å². The molecule has 0 bridgehead atoms. The second-order valence-corrected chi connectivity index (χ2v) is 4.11. The van der Waals surface area contributed by atoms with Gasteiger partial charge in [0, 0.05) is 24.9 Å². The molecule has 1 aliphatic heterocycles. The van der Waals surface area contributed by atoms with Gasteiger partial charge in [0.2, 0.25) is 0 Å². The summed E-state index contributed by atoms with van der Waals surface area (Å²) in [5, 5.41) is 0. The Morgan fingerprint density at radius 3 is 2.56 bits per heavy atom. The van der Waals surface area contributed by atoms with E-state index in [0.717, 1.165) is 32.1 Å². The van der Waals surface area contributed by atoms with Gasteiger partial charge < -0.3 is 9.64 Å². The van der Waals surface area contributed by atoms with Crippen molar-refractivity contribution in [1.82, 2.24) is 4.90 Å². The monoisotopic (exact) mass is 236 g/mol. The van der Waals surface area contributed by atoms with Crippen LogP contribution in [-0.4, -0.2) is 43.3 Å². The van der Waals surface area contributed by atoms with Gasteiger partial charge in [-0.25, -0.2) is 0 Å². The van der Waals surface area contributed by atoms with E-state index in [-0.39, 0.29) is 0 Å². The molecule has 4 heteroatoms. The van der Waals surface area contributed by atoms with Crippen molar-refractivity contribution in [2.75, 3.05) is 32.6 Å². The Labute approximate surface area is 101 Å². The molecule has 0 atom stereocenters. The zero-order valence-electron chi connectivity index (χ0n) is 9.43. The topological polar surface area (TPSA) is 24.8 Å². The Morgan fingerprint density at radius 2 is 1.94 bits per heavy atom. The fourth-order valence-electron chi connectivity index (χ4n) is 1.74. The van der Waals surface area contributed by atoms with Crippen LogP contribution in [0.4, 0.5) is 0 Å². The summed E-state index contributed by atoms with van der Waals surface area (Å²) < 4.78 is 9.88. The molecule has 1 fully saturated rings. The van der Waals surface area contributed by atoms with Gasteiger partial charge in [0.25, 0.3) is 0 Å². The van der Waals surface area contributed by atoms with Crippen LogP contribution in [-0.2, 0) is 4.74 Å². The van der Waals surface area contributed by atoms with E-state index in [1.165, 1.54) is 17.5 Å². The van der Waals surface area contributed by atoms with Crippen molar-refractivity contribution in [2.24, 2.45) is 4.40 Å². The fraction of sp³-hybridized carbons (Fsp3) is 0.417. The third-order valence-corrected chi connectivity index (χ3v) is 2.88. The number of benzene rings is 1. The molecule has 16 heavy (non-hydrogen) atoms. The van der Waals surface area contributed by atoms with Gasteiger partial charge in [-0.15, -0.1) is 0 Å². The van der Waals surface area contributed by atoms with Crippen molar-refractivity contribution in [3.8, 4) is 0 Å². The molecule has 0 aromatic heterocycles. The molecule has 1 aromatic carbocycles. The first-order valence-electron chi connectivity index (χ1n) is 5.41. The van der Waals surface area contributed by atoms with E-state index in [4.69, 9.17) is 4.74 Å². The Hall–Kier alpha value is -1.00. The lowest BCUT2D eigenvalue weighted by Crippen LogP contribution is -2.41. The van der Waals surface area contributed by atoms with Crippen molar-refractivity contribution in [3.05, 3.63) is 35.9 Å². The average molecular weight is 236 g/mol. The number of amidine groups is 1. The highest BCUT2D eigenvalue weighted by molar-refractivity contribution is 7.97. The van der Waals surface area contributed by atoms with Crippen LogP contribution in [0.2, 0.25) is 0 Å². The second kappa shape index (κ2) is 5.92. The molecule has 86 valence electrons. The van der Waals surface area contributed by atoms with Crippen molar-refractivity contribution >= 4 is 17.8 Å². The molecule has 1 heterocycles. The zero-order chi connectivity index (χ0) is 11.2. The van der Waals surface area contributed by atoms with E-state index in [2.05, 4.69) is 21.4 Å². The van der Waals surface area contributed by atoms with E-state index in [1.807, 2.05) is 24.5 Å². The third-order valence-electron chi connectivity index (χ3n) is 2.52. The van der Waals surface area contributed by atoms with E-state index >= 15 is 0 Å². The minimum atomic E-state index is 0.792. The van der Waals surface area contributed by atoms with E-state index in [9.17, 15) is 0 Å². The largest absolute Gasteiger partial charge is 0.378 e. The molecule has 0 saturated carbocycles. The lowest BCUT2D eigenvalue weighted by Gasteiger charge is -2.29. The summed E-state index contributed by atoms with van der Waals surface area (Å²) in [6.45, 7) is 3.43. The molecule has 0 radical (unpaired) electrons. The van der Waals surface area contributed by atoms with Crippen molar-refractivity contribution in [2.45, 2.75) is 0 Å². The van der Waals surface area contributed by atoms with Gasteiger partial charge >= 0.3 is 0 Å². The van der Waals surface area contributed by atoms with Crippen LogP contribution in [0.3, 0.4) is 0 Å². The highest BCUT2D eigenvalue weighted by Gasteiger charge is 2.16. The number of ether oxygens (including phenoxy) is 1. The van der Waals surface area contributed by atoms with Gasteiger partial charge in [-0.05, 0) is 11.9 Å². The predicted octanol–water partition coefficient (Wildman–Crippen LogP) is 2.04. The van der Waals surface area contributed by atoms with Crippen molar-refractivity contribution in [1.29, 1.82) is 0 Å². The summed E-state index contributed by atoms with van der Waals surface area (Å²) >= 11 is 1.50. The van der Waals surface area contributed by atoms with Crippen LogP contribution in [0.25, 0.3) is 0 Å². The molecule has 0 unspecified atom stereocenters. The van der Waals surface area contributed by atoms with Gasteiger partial charge in [0.05, 0.1) is 13.2 Å². The van der Waals surface area contributed by atoms with Gasteiger partial charge in [-0.1, -0.05) is 30.3 Å². The first kappa shape index (κ1) is 11.5. The smallest absolute Gasteiger partial charge is 0.144 e. The van der Waals surface area contributed by atoms with Crippen molar-refractivity contribution in [3.63, 3.8) is 0 Å². The van der Waals surface area contributed by atoms with Crippen LogP contribution in [0.1, 0.15) is 5.56 Å². The van der Waals surface area contributed by atoms with E-state index in [1.54, 1.807) is 0 Å². The maximum Gasteiger partial charge on any atom is 0.144 e. The van der Waals surface area contributed by atoms with Crippen LogP contribution in [0, 0.1) is 0 Å². The zero-order valence-corrected chi connectivity index (χ0v) is 10.2. The lowest BCUT2D eigenvalue weighted by atomic mass is 10.2.